The van der Waals surface area contributed by atoms with Crippen molar-refractivity contribution in [3.05, 3.63) is 16.1 Å². The summed E-state index contributed by atoms with van der Waals surface area (Å²) in [6.07, 6.45) is 1.07. The smallest absolute Gasteiger partial charge is 0.0797 e. The molecule has 0 aromatic carbocycles. The molecule has 0 aliphatic carbocycles. The largest absolute Gasteiger partial charge is 0.301 e. The van der Waals surface area contributed by atoms with Crippen LogP contribution in [0, 0.1) is 6.92 Å². The molecular weight excluding hydrogens is 252 g/mol. The molecular formula is C12H20N2OS2. The Labute approximate surface area is 110 Å². The lowest BCUT2D eigenvalue weighted by Crippen LogP contribution is -2.47. The molecule has 1 aromatic rings. The molecule has 2 heterocycles. The van der Waals surface area contributed by atoms with E-state index in [2.05, 4.69) is 30.7 Å². The first-order valence-corrected chi connectivity index (χ1v) is 8.24. The first kappa shape index (κ1) is 13.2. The summed E-state index contributed by atoms with van der Waals surface area (Å²) in [5.41, 5.74) is 3.08. The van der Waals surface area contributed by atoms with Crippen LogP contribution in [0.25, 0.3) is 0 Å². The molecule has 1 aromatic heterocycles. The van der Waals surface area contributed by atoms with E-state index in [1.54, 1.807) is 11.3 Å². The zero-order valence-electron chi connectivity index (χ0n) is 10.7. The highest BCUT2D eigenvalue weighted by atomic mass is 32.2. The molecule has 0 spiro atoms. The Morgan fingerprint density at radius 2 is 2.12 bits per heavy atom. The summed E-state index contributed by atoms with van der Waals surface area (Å²) in [5, 5.41) is 0.614. The number of aryl methyl sites for hydroxylation is 1. The summed E-state index contributed by atoms with van der Waals surface area (Å²) in [6.45, 7) is 9.26. The topological polar surface area (TPSA) is 33.2 Å². The van der Waals surface area contributed by atoms with E-state index in [-0.39, 0.29) is 0 Å². The van der Waals surface area contributed by atoms with Crippen LogP contribution in [0.4, 0.5) is 0 Å². The van der Waals surface area contributed by atoms with Crippen LogP contribution in [-0.4, -0.2) is 44.2 Å². The summed E-state index contributed by atoms with van der Waals surface area (Å²) in [6, 6.07) is 0. The summed E-state index contributed by atoms with van der Waals surface area (Å²) in [5.74, 6) is 0. The van der Waals surface area contributed by atoms with E-state index in [4.69, 9.17) is 0 Å². The molecule has 0 bridgehead atoms. The Balaban J connectivity index is 1.88. The van der Waals surface area contributed by atoms with E-state index in [9.17, 15) is 4.21 Å². The van der Waals surface area contributed by atoms with Gasteiger partial charge in [0, 0.05) is 45.8 Å². The number of aromatic nitrogens is 1. The highest BCUT2D eigenvalue weighted by molar-refractivity contribution is 7.86. The van der Waals surface area contributed by atoms with Crippen LogP contribution >= 0.6 is 11.3 Å². The lowest BCUT2D eigenvalue weighted by Gasteiger charge is -2.34. The summed E-state index contributed by atoms with van der Waals surface area (Å²) >= 11 is 1.74. The molecule has 17 heavy (non-hydrogen) atoms. The Kier molecular flexibility index (Phi) is 4.33. The average molecular weight is 272 g/mol. The molecule has 1 fully saturated rings. The van der Waals surface area contributed by atoms with Crippen LogP contribution < -0.4 is 0 Å². The Morgan fingerprint density at radius 1 is 1.47 bits per heavy atom. The van der Waals surface area contributed by atoms with E-state index in [1.807, 2.05) is 5.51 Å². The predicted octanol–water partition coefficient (Wildman–Crippen LogP) is 1.84. The van der Waals surface area contributed by atoms with Gasteiger partial charge in [0.2, 0.25) is 0 Å². The summed E-state index contributed by atoms with van der Waals surface area (Å²) in [4.78, 5) is 8.10. The van der Waals surface area contributed by atoms with Crippen molar-refractivity contribution in [1.82, 2.24) is 9.88 Å². The first-order chi connectivity index (χ1) is 8.08. The van der Waals surface area contributed by atoms with Gasteiger partial charge in [-0.3, -0.25) is 4.21 Å². The van der Waals surface area contributed by atoms with Crippen LogP contribution in [0.5, 0.6) is 0 Å². The number of hydrogen-bond donors (Lipinski definition) is 0. The van der Waals surface area contributed by atoms with Gasteiger partial charge in [0.15, 0.2) is 0 Å². The molecule has 0 N–H and O–H groups in total. The number of rotatable bonds is 3. The van der Waals surface area contributed by atoms with Gasteiger partial charge >= 0.3 is 0 Å². The maximum Gasteiger partial charge on any atom is 0.0797 e. The van der Waals surface area contributed by atoms with Gasteiger partial charge in [0.1, 0.15) is 0 Å². The normalized spacial score (nSPS) is 30.6. The van der Waals surface area contributed by atoms with Crippen LogP contribution in [-0.2, 0) is 17.2 Å². The van der Waals surface area contributed by atoms with Crippen molar-refractivity contribution in [2.45, 2.75) is 37.7 Å². The third kappa shape index (κ3) is 3.14. The number of hydrogen-bond acceptors (Lipinski definition) is 4. The maximum absolute atomic E-state index is 11.8. The summed E-state index contributed by atoms with van der Waals surface area (Å²) in [7, 11) is -0.646. The number of nitrogens with zero attached hydrogens (tertiary/aromatic N) is 2. The van der Waals surface area contributed by atoms with Crippen molar-refractivity contribution in [3.63, 3.8) is 0 Å². The van der Waals surface area contributed by atoms with Gasteiger partial charge < -0.3 is 4.90 Å². The molecule has 96 valence electrons. The van der Waals surface area contributed by atoms with Crippen molar-refractivity contribution in [3.8, 4) is 0 Å². The molecule has 3 nitrogen and oxygen atoms in total. The van der Waals surface area contributed by atoms with Gasteiger partial charge in [-0.25, -0.2) is 4.98 Å². The maximum atomic E-state index is 11.8. The zero-order valence-corrected chi connectivity index (χ0v) is 12.3. The van der Waals surface area contributed by atoms with E-state index >= 15 is 0 Å². The van der Waals surface area contributed by atoms with Gasteiger partial charge in [-0.1, -0.05) is 0 Å². The van der Waals surface area contributed by atoms with Crippen molar-refractivity contribution in [1.29, 1.82) is 0 Å². The first-order valence-electron chi connectivity index (χ1n) is 6.08. The molecule has 2 rings (SSSR count). The third-order valence-corrected chi connectivity index (χ3v) is 6.20. The van der Waals surface area contributed by atoms with Crippen LogP contribution in [0.1, 0.15) is 24.4 Å². The SMILES string of the molecule is Cc1ncsc1CCN1CC(C)S(=O)C(C)C1. The zero-order chi connectivity index (χ0) is 12.4. The van der Waals surface area contributed by atoms with Gasteiger partial charge in [0.05, 0.1) is 11.2 Å². The monoisotopic (exact) mass is 272 g/mol. The second-order valence-corrected chi connectivity index (χ2v) is 8.03. The third-order valence-electron chi connectivity index (χ3n) is 3.32. The van der Waals surface area contributed by atoms with Crippen molar-refractivity contribution in [2.75, 3.05) is 19.6 Å². The Hall–Kier alpha value is -0.260. The van der Waals surface area contributed by atoms with Gasteiger partial charge in [-0.05, 0) is 27.2 Å². The quantitative estimate of drug-likeness (QED) is 0.842. The molecule has 2 atom stereocenters. The molecule has 2 unspecified atom stereocenters. The predicted molar refractivity (Wildman–Crippen MR) is 74.1 cm³/mol. The van der Waals surface area contributed by atoms with Crippen LogP contribution in [0.2, 0.25) is 0 Å². The molecule has 1 aliphatic heterocycles. The van der Waals surface area contributed by atoms with Gasteiger partial charge in [0.25, 0.3) is 0 Å². The van der Waals surface area contributed by atoms with Gasteiger partial charge in [-0.15, -0.1) is 11.3 Å². The number of thiazole rings is 1. The Bertz CT molecular complexity index is 391. The lowest BCUT2D eigenvalue weighted by molar-refractivity contribution is 0.270. The van der Waals surface area contributed by atoms with Crippen molar-refractivity contribution >= 4 is 22.1 Å². The minimum atomic E-state index is -0.646. The van der Waals surface area contributed by atoms with E-state index in [0.717, 1.165) is 31.7 Å². The van der Waals surface area contributed by atoms with E-state index < -0.39 is 10.8 Å². The second-order valence-electron chi connectivity index (χ2n) is 4.82. The second kappa shape index (κ2) is 5.59. The standard InChI is InChI=1S/C12H20N2OS2/c1-9-6-14(7-10(2)17(9)15)5-4-12-11(3)13-8-16-12/h8-10H,4-7H2,1-3H3. The lowest BCUT2D eigenvalue weighted by atomic mass is 10.2. The summed E-state index contributed by atoms with van der Waals surface area (Å²) < 4.78 is 11.8. The van der Waals surface area contributed by atoms with E-state index in [1.165, 1.54) is 4.88 Å². The molecule has 0 radical (unpaired) electrons. The molecule has 5 heteroatoms. The van der Waals surface area contributed by atoms with Crippen LogP contribution in [0.15, 0.2) is 5.51 Å². The minimum Gasteiger partial charge on any atom is -0.301 e. The van der Waals surface area contributed by atoms with Crippen molar-refractivity contribution < 1.29 is 4.21 Å². The highest BCUT2D eigenvalue weighted by Crippen LogP contribution is 2.17. The molecule has 1 aliphatic rings. The van der Waals surface area contributed by atoms with E-state index in [0.29, 0.717) is 10.5 Å². The molecule has 0 saturated carbocycles. The van der Waals surface area contributed by atoms with Crippen LogP contribution in [0.3, 0.4) is 0 Å². The fraction of sp³-hybridized carbons (Fsp3) is 0.750. The fourth-order valence-electron chi connectivity index (χ4n) is 2.35. The van der Waals surface area contributed by atoms with Gasteiger partial charge in [-0.2, -0.15) is 0 Å². The highest BCUT2D eigenvalue weighted by Gasteiger charge is 2.28. The average Bonchev–Trinajstić information content (AvgIpc) is 2.69. The fourth-order valence-corrected chi connectivity index (χ4v) is 4.63. The minimum absolute atomic E-state index is 0.307. The van der Waals surface area contributed by atoms with Crippen molar-refractivity contribution in [2.24, 2.45) is 0 Å². The molecule has 1 saturated heterocycles. The molecule has 0 amide bonds. The Morgan fingerprint density at radius 3 is 2.65 bits per heavy atom.